The molecule has 2 amide bonds. The fraction of sp³-hybridized carbons (Fsp3) is 0.250. The molecule has 0 unspecified atom stereocenters. The Bertz CT molecular complexity index is 899. The van der Waals surface area contributed by atoms with Crippen molar-refractivity contribution in [1.82, 2.24) is 15.2 Å². The summed E-state index contributed by atoms with van der Waals surface area (Å²) in [6.45, 7) is 1.88. The number of carbonyl (C=O) groups excluding carboxylic acids is 1. The third-order valence-electron chi connectivity index (χ3n) is 4.77. The van der Waals surface area contributed by atoms with Gasteiger partial charge < -0.3 is 19.9 Å². The first-order valence-electron chi connectivity index (χ1n) is 8.49. The second-order valence-electron chi connectivity index (χ2n) is 6.31. The lowest BCUT2D eigenvalue weighted by Gasteiger charge is -2.27. The maximum absolute atomic E-state index is 12.5. The Balaban J connectivity index is 1.41. The van der Waals surface area contributed by atoms with Crippen molar-refractivity contribution in [2.75, 3.05) is 13.7 Å². The summed E-state index contributed by atoms with van der Waals surface area (Å²) in [6, 6.07) is 16.0. The van der Waals surface area contributed by atoms with Crippen LogP contribution in [-0.4, -0.2) is 29.6 Å². The van der Waals surface area contributed by atoms with Crippen molar-refractivity contribution in [1.29, 1.82) is 0 Å². The molecule has 0 radical (unpaired) electrons. The second-order valence-corrected chi connectivity index (χ2v) is 6.31. The van der Waals surface area contributed by atoms with E-state index < -0.39 is 0 Å². The number of nitrogens with zero attached hydrogens (tertiary/aromatic N) is 1. The van der Waals surface area contributed by atoms with Gasteiger partial charge in [-0.15, -0.1) is 0 Å². The Labute approximate surface area is 146 Å². The number of aromatic amines is 1. The summed E-state index contributed by atoms with van der Waals surface area (Å²) in [5.41, 5.74) is 4.69. The number of H-pyrrole nitrogens is 1. The molecule has 0 spiro atoms. The molecule has 1 aromatic heterocycles. The number of urea groups is 1. The number of fused-ring (bicyclic) bond motifs is 3. The molecule has 0 aliphatic carbocycles. The van der Waals surface area contributed by atoms with Gasteiger partial charge in [-0.05, 0) is 35.7 Å². The number of hydrogen-bond donors (Lipinski definition) is 2. The Kier molecular flexibility index (Phi) is 4.06. The van der Waals surface area contributed by atoms with E-state index in [1.807, 2.05) is 35.2 Å². The van der Waals surface area contributed by atoms with E-state index in [9.17, 15) is 4.79 Å². The molecular formula is C20H21N3O2. The van der Waals surface area contributed by atoms with Crippen molar-refractivity contribution in [2.24, 2.45) is 0 Å². The zero-order valence-electron chi connectivity index (χ0n) is 14.2. The molecule has 5 heteroatoms. The lowest BCUT2D eigenvalue weighted by Crippen LogP contribution is -2.42. The highest BCUT2D eigenvalue weighted by Crippen LogP contribution is 2.27. The second kappa shape index (κ2) is 6.51. The van der Waals surface area contributed by atoms with Crippen molar-refractivity contribution < 1.29 is 9.53 Å². The molecular weight excluding hydrogens is 314 g/mol. The van der Waals surface area contributed by atoms with Crippen LogP contribution in [0.3, 0.4) is 0 Å². The van der Waals surface area contributed by atoms with Crippen LogP contribution >= 0.6 is 0 Å². The smallest absolute Gasteiger partial charge is 0.318 e. The van der Waals surface area contributed by atoms with Gasteiger partial charge >= 0.3 is 6.03 Å². The summed E-state index contributed by atoms with van der Waals surface area (Å²) in [5.74, 6) is 0.817. The van der Waals surface area contributed by atoms with Gasteiger partial charge in [0.2, 0.25) is 0 Å². The summed E-state index contributed by atoms with van der Waals surface area (Å²) in [6.07, 6.45) is 0.884. The summed E-state index contributed by atoms with van der Waals surface area (Å²) in [5, 5.41) is 4.28. The zero-order chi connectivity index (χ0) is 17.2. The topological polar surface area (TPSA) is 57.4 Å². The van der Waals surface area contributed by atoms with Gasteiger partial charge in [-0.25, -0.2) is 4.79 Å². The predicted molar refractivity (Wildman–Crippen MR) is 97.6 cm³/mol. The Morgan fingerprint density at radius 2 is 2.00 bits per heavy atom. The monoisotopic (exact) mass is 335 g/mol. The lowest BCUT2D eigenvalue weighted by atomic mass is 10.0. The third kappa shape index (κ3) is 3.05. The number of hydrogen-bond acceptors (Lipinski definition) is 2. The van der Waals surface area contributed by atoms with Crippen molar-refractivity contribution in [3.63, 3.8) is 0 Å². The van der Waals surface area contributed by atoms with Crippen LogP contribution in [0.25, 0.3) is 10.9 Å². The van der Waals surface area contributed by atoms with Crippen molar-refractivity contribution in [3.05, 3.63) is 65.4 Å². The molecule has 0 fully saturated rings. The summed E-state index contributed by atoms with van der Waals surface area (Å²) < 4.78 is 5.15. The van der Waals surface area contributed by atoms with Gasteiger partial charge in [0, 0.05) is 29.7 Å². The molecule has 2 N–H and O–H groups in total. The number of methoxy groups -OCH3 is 1. The van der Waals surface area contributed by atoms with Crippen LogP contribution in [0.5, 0.6) is 5.75 Å². The maximum Gasteiger partial charge on any atom is 0.318 e. The molecule has 0 saturated heterocycles. The molecule has 0 bridgehead atoms. The largest absolute Gasteiger partial charge is 0.497 e. The van der Waals surface area contributed by atoms with E-state index in [1.54, 1.807) is 7.11 Å². The number of carbonyl (C=O) groups is 1. The van der Waals surface area contributed by atoms with Crippen LogP contribution in [0.2, 0.25) is 0 Å². The third-order valence-corrected chi connectivity index (χ3v) is 4.77. The molecule has 3 aromatic rings. The number of amides is 2. The number of benzene rings is 2. The van der Waals surface area contributed by atoms with Crippen LogP contribution in [0.4, 0.5) is 4.79 Å². The molecule has 2 aromatic carbocycles. The van der Waals surface area contributed by atoms with Gasteiger partial charge in [-0.1, -0.05) is 30.3 Å². The molecule has 1 aliphatic heterocycles. The standard InChI is InChI=1S/C20H21N3O2/c1-25-15-8-6-14(7-9-15)12-21-20(24)23-11-10-17-16-4-2-3-5-18(16)22-19(17)13-23/h2-9,22H,10-13H2,1H3,(H,21,24). The average Bonchev–Trinajstić information content (AvgIpc) is 3.04. The fourth-order valence-corrected chi connectivity index (χ4v) is 3.40. The Hall–Kier alpha value is -2.95. The first-order chi connectivity index (χ1) is 12.2. The molecule has 1 aliphatic rings. The van der Waals surface area contributed by atoms with Crippen LogP contribution in [0.15, 0.2) is 48.5 Å². The minimum absolute atomic E-state index is 0.0277. The van der Waals surface area contributed by atoms with Crippen LogP contribution in [0, 0.1) is 0 Å². The van der Waals surface area contributed by atoms with Gasteiger partial charge in [0.05, 0.1) is 13.7 Å². The first kappa shape index (κ1) is 15.6. The molecule has 0 atom stereocenters. The number of rotatable bonds is 3. The van der Waals surface area contributed by atoms with Gasteiger partial charge in [0.25, 0.3) is 0 Å². The SMILES string of the molecule is COc1ccc(CNC(=O)N2CCc3c([nH]c4ccccc34)C2)cc1. The number of aromatic nitrogens is 1. The molecule has 25 heavy (non-hydrogen) atoms. The number of para-hydroxylation sites is 1. The van der Waals surface area contributed by atoms with Crippen LogP contribution < -0.4 is 10.1 Å². The predicted octanol–water partition coefficient (Wildman–Crippen LogP) is 3.44. The number of ether oxygens (including phenoxy) is 1. The quantitative estimate of drug-likeness (QED) is 0.770. The molecule has 4 rings (SSSR count). The normalized spacial score (nSPS) is 13.6. The summed E-state index contributed by atoms with van der Waals surface area (Å²) in [7, 11) is 1.64. The lowest BCUT2D eigenvalue weighted by molar-refractivity contribution is 0.191. The van der Waals surface area contributed by atoms with Gasteiger partial charge in [0.15, 0.2) is 0 Å². The maximum atomic E-state index is 12.5. The van der Waals surface area contributed by atoms with Crippen LogP contribution in [0.1, 0.15) is 16.8 Å². The van der Waals surface area contributed by atoms with Crippen molar-refractivity contribution in [3.8, 4) is 5.75 Å². The molecule has 2 heterocycles. The molecule has 0 saturated carbocycles. The van der Waals surface area contributed by atoms with E-state index in [0.717, 1.165) is 35.5 Å². The minimum atomic E-state index is -0.0277. The number of nitrogens with one attached hydrogen (secondary N) is 2. The highest BCUT2D eigenvalue weighted by atomic mass is 16.5. The van der Waals surface area contributed by atoms with E-state index in [1.165, 1.54) is 10.9 Å². The highest BCUT2D eigenvalue weighted by Gasteiger charge is 2.23. The average molecular weight is 335 g/mol. The van der Waals surface area contributed by atoms with Gasteiger partial charge in [-0.3, -0.25) is 0 Å². The summed E-state index contributed by atoms with van der Waals surface area (Å²) >= 11 is 0. The minimum Gasteiger partial charge on any atom is -0.497 e. The zero-order valence-corrected chi connectivity index (χ0v) is 14.2. The van der Waals surface area contributed by atoms with E-state index in [-0.39, 0.29) is 6.03 Å². The fourth-order valence-electron chi connectivity index (χ4n) is 3.40. The van der Waals surface area contributed by atoms with E-state index in [0.29, 0.717) is 13.1 Å². The van der Waals surface area contributed by atoms with E-state index in [4.69, 9.17) is 4.74 Å². The highest BCUT2D eigenvalue weighted by molar-refractivity contribution is 5.85. The molecule has 5 nitrogen and oxygen atoms in total. The Morgan fingerprint density at radius 3 is 2.80 bits per heavy atom. The van der Waals surface area contributed by atoms with Gasteiger partial charge in [-0.2, -0.15) is 0 Å². The first-order valence-corrected chi connectivity index (χ1v) is 8.49. The molecule has 128 valence electrons. The van der Waals surface area contributed by atoms with Gasteiger partial charge in [0.1, 0.15) is 5.75 Å². The van der Waals surface area contributed by atoms with Crippen LogP contribution in [-0.2, 0) is 19.5 Å². The van der Waals surface area contributed by atoms with E-state index in [2.05, 4.69) is 28.5 Å². The van der Waals surface area contributed by atoms with E-state index >= 15 is 0 Å². The Morgan fingerprint density at radius 1 is 1.20 bits per heavy atom. The summed E-state index contributed by atoms with van der Waals surface area (Å²) in [4.78, 5) is 17.8. The van der Waals surface area contributed by atoms with Crippen molar-refractivity contribution in [2.45, 2.75) is 19.5 Å². The van der Waals surface area contributed by atoms with Crippen molar-refractivity contribution >= 4 is 16.9 Å².